The van der Waals surface area contributed by atoms with Crippen molar-refractivity contribution >= 4 is 5.96 Å². The van der Waals surface area contributed by atoms with E-state index in [1.807, 2.05) is 13.1 Å². The first kappa shape index (κ1) is 14.9. The van der Waals surface area contributed by atoms with Crippen molar-refractivity contribution in [3.05, 3.63) is 35.9 Å². The summed E-state index contributed by atoms with van der Waals surface area (Å²) in [6, 6.07) is 11.0. The Bertz CT molecular complexity index is 415. The first-order chi connectivity index (χ1) is 9.77. The number of benzene rings is 1. The Morgan fingerprint density at radius 2 is 2.05 bits per heavy atom. The number of nitrogens with two attached hydrogens (primary N) is 1. The minimum Gasteiger partial charge on any atom is -0.381 e. The minimum absolute atomic E-state index is 0.626. The lowest BCUT2D eigenvalue weighted by atomic mass is 10.2. The first-order valence-electron chi connectivity index (χ1n) is 7.42. The molecule has 2 N–H and O–H groups in total. The van der Waals surface area contributed by atoms with Crippen LogP contribution in [-0.4, -0.2) is 43.7 Å². The molecular formula is C16H25N3O. The van der Waals surface area contributed by atoms with Crippen molar-refractivity contribution in [3.8, 4) is 0 Å². The van der Waals surface area contributed by atoms with E-state index >= 15 is 0 Å². The molecule has 4 nitrogen and oxygen atoms in total. The molecule has 1 aliphatic rings. The van der Waals surface area contributed by atoms with Gasteiger partial charge >= 0.3 is 0 Å². The predicted octanol–water partition coefficient (Wildman–Crippen LogP) is 2.04. The predicted molar refractivity (Wildman–Crippen MR) is 82.9 cm³/mol. The summed E-state index contributed by atoms with van der Waals surface area (Å²) in [6.45, 7) is 2.26. The average Bonchev–Trinajstić information content (AvgIpc) is 3.31. The van der Waals surface area contributed by atoms with Gasteiger partial charge < -0.3 is 15.4 Å². The van der Waals surface area contributed by atoms with Crippen LogP contribution in [0.15, 0.2) is 35.3 Å². The van der Waals surface area contributed by atoms with Crippen molar-refractivity contribution in [1.29, 1.82) is 0 Å². The summed E-state index contributed by atoms with van der Waals surface area (Å²) in [5, 5.41) is 0. The van der Waals surface area contributed by atoms with E-state index < -0.39 is 0 Å². The summed E-state index contributed by atoms with van der Waals surface area (Å²) in [6.07, 6.45) is 4.38. The molecule has 2 rings (SSSR count). The molecule has 0 atom stereocenters. The molecule has 1 fully saturated rings. The second kappa shape index (κ2) is 7.90. The van der Waals surface area contributed by atoms with Gasteiger partial charge in [-0.3, -0.25) is 4.99 Å². The van der Waals surface area contributed by atoms with Gasteiger partial charge in [0.05, 0.1) is 6.61 Å². The Morgan fingerprint density at radius 1 is 1.30 bits per heavy atom. The number of aliphatic imine (C=N–C) groups is 1. The van der Waals surface area contributed by atoms with Crippen LogP contribution in [0.2, 0.25) is 0 Å². The summed E-state index contributed by atoms with van der Waals surface area (Å²) in [5.74, 6) is 0.664. The molecule has 1 aromatic rings. The van der Waals surface area contributed by atoms with Gasteiger partial charge in [0.25, 0.3) is 0 Å². The van der Waals surface area contributed by atoms with Gasteiger partial charge in [0.2, 0.25) is 0 Å². The molecule has 20 heavy (non-hydrogen) atoms. The summed E-state index contributed by atoms with van der Waals surface area (Å²) < 4.78 is 5.62. The molecule has 1 aliphatic carbocycles. The fourth-order valence-corrected chi connectivity index (χ4v) is 2.06. The quantitative estimate of drug-likeness (QED) is 0.449. The van der Waals surface area contributed by atoms with Crippen molar-refractivity contribution in [2.45, 2.75) is 31.7 Å². The lowest BCUT2D eigenvalue weighted by molar-refractivity contribution is 0.136. The molecule has 0 heterocycles. The Hall–Kier alpha value is -1.55. The highest BCUT2D eigenvalue weighted by Crippen LogP contribution is 2.24. The summed E-state index contributed by atoms with van der Waals surface area (Å²) in [7, 11) is 2.02. The molecule has 0 radical (unpaired) electrons. The topological polar surface area (TPSA) is 50.8 Å². The van der Waals surface area contributed by atoms with E-state index in [-0.39, 0.29) is 0 Å². The maximum absolute atomic E-state index is 5.91. The van der Waals surface area contributed by atoms with Crippen LogP contribution in [0.4, 0.5) is 0 Å². The fourth-order valence-electron chi connectivity index (χ4n) is 2.06. The van der Waals surface area contributed by atoms with Gasteiger partial charge in [0.1, 0.15) is 0 Å². The number of rotatable bonds is 8. The van der Waals surface area contributed by atoms with E-state index in [1.165, 1.54) is 18.4 Å². The van der Waals surface area contributed by atoms with Gasteiger partial charge in [-0.2, -0.15) is 0 Å². The molecule has 0 unspecified atom stereocenters. The van der Waals surface area contributed by atoms with Crippen molar-refractivity contribution < 1.29 is 4.74 Å². The summed E-state index contributed by atoms with van der Waals surface area (Å²) in [5.41, 5.74) is 7.23. The summed E-state index contributed by atoms with van der Waals surface area (Å²) >= 11 is 0. The molecular weight excluding hydrogens is 250 g/mol. The summed E-state index contributed by atoms with van der Waals surface area (Å²) in [4.78, 5) is 6.46. The van der Waals surface area contributed by atoms with E-state index in [1.54, 1.807) is 0 Å². The molecule has 0 amide bonds. The zero-order valence-corrected chi connectivity index (χ0v) is 12.3. The number of ether oxygens (including phenoxy) is 1. The van der Waals surface area contributed by atoms with E-state index in [0.29, 0.717) is 12.0 Å². The van der Waals surface area contributed by atoms with Crippen molar-refractivity contribution in [2.24, 2.45) is 10.7 Å². The van der Waals surface area contributed by atoms with Gasteiger partial charge in [-0.05, 0) is 31.2 Å². The fraction of sp³-hybridized carbons (Fsp3) is 0.562. The van der Waals surface area contributed by atoms with Crippen LogP contribution in [-0.2, 0) is 11.2 Å². The molecule has 1 aromatic carbocycles. The van der Waals surface area contributed by atoms with Crippen LogP contribution < -0.4 is 5.73 Å². The maximum Gasteiger partial charge on any atom is 0.191 e. The van der Waals surface area contributed by atoms with Crippen molar-refractivity contribution in [2.75, 3.05) is 26.8 Å². The zero-order chi connectivity index (χ0) is 14.2. The normalized spacial score (nSPS) is 15.3. The number of hydrogen-bond donors (Lipinski definition) is 1. The SMILES string of the molecule is CN(C(N)=NCCCOCCc1ccccc1)C1CC1. The lowest BCUT2D eigenvalue weighted by Crippen LogP contribution is -2.35. The molecule has 1 saturated carbocycles. The smallest absolute Gasteiger partial charge is 0.191 e. The van der Waals surface area contributed by atoms with Crippen molar-refractivity contribution in [1.82, 2.24) is 4.90 Å². The highest BCUT2D eigenvalue weighted by atomic mass is 16.5. The standard InChI is InChI=1S/C16H25N3O/c1-19(15-8-9-15)16(17)18-11-5-12-20-13-10-14-6-3-2-4-7-14/h2-4,6-7,15H,5,8-13H2,1H3,(H2,17,18). The van der Waals surface area contributed by atoms with Gasteiger partial charge in [0.15, 0.2) is 5.96 Å². The third-order valence-electron chi connectivity index (χ3n) is 3.55. The number of nitrogens with zero attached hydrogens (tertiary/aromatic N) is 2. The van der Waals surface area contributed by atoms with Gasteiger partial charge in [-0.25, -0.2) is 0 Å². The van der Waals surface area contributed by atoms with Crippen LogP contribution >= 0.6 is 0 Å². The molecule has 0 aliphatic heterocycles. The molecule has 0 aromatic heterocycles. The Labute approximate surface area is 121 Å². The van der Waals surface area contributed by atoms with Gasteiger partial charge in [-0.1, -0.05) is 30.3 Å². The van der Waals surface area contributed by atoms with Gasteiger partial charge in [-0.15, -0.1) is 0 Å². The third kappa shape index (κ3) is 5.21. The molecule has 0 saturated heterocycles. The molecule has 4 heteroatoms. The third-order valence-corrected chi connectivity index (χ3v) is 3.55. The van der Waals surface area contributed by atoms with E-state index in [2.05, 4.69) is 34.2 Å². The van der Waals surface area contributed by atoms with Gasteiger partial charge in [0, 0.05) is 26.2 Å². The van der Waals surface area contributed by atoms with E-state index in [0.717, 1.165) is 32.6 Å². The maximum atomic E-state index is 5.91. The molecule has 0 bridgehead atoms. The lowest BCUT2D eigenvalue weighted by Gasteiger charge is -2.16. The number of hydrogen-bond acceptors (Lipinski definition) is 2. The van der Waals surface area contributed by atoms with Crippen LogP contribution in [0.1, 0.15) is 24.8 Å². The first-order valence-corrected chi connectivity index (χ1v) is 7.42. The number of guanidine groups is 1. The monoisotopic (exact) mass is 275 g/mol. The van der Waals surface area contributed by atoms with Crippen LogP contribution in [0.5, 0.6) is 0 Å². The highest BCUT2D eigenvalue weighted by Gasteiger charge is 2.27. The van der Waals surface area contributed by atoms with Crippen LogP contribution in [0.25, 0.3) is 0 Å². The van der Waals surface area contributed by atoms with E-state index in [9.17, 15) is 0 Å². The van der Waals surface area contributed by atoms with Crippen molar-refractivity contribution in [3.63, 3.8) is 0 Å². The second-order valence-electron chi connectivity index (χ2n) is 5.28. The minimum atomic E-state index is 0.626. The van der Waals surface area contributed by atoms with E-state index in [4.69, 9.17) is 10.5 Å². The Balaban J connectivity index is 1.50. The highest BCUT2D eigenvalue weighted by molar-refractivity contribution is 5.78. The Kier molecular flexibility index (Phi) is 5.87. The average molecular weight is 275 g/mol. The second-order valence-corrected chi connectivity index (χ2v) is 5.28. The largest absolute Gasteiger partial charge is 0.381 e. The van der Waals surface area contributed by atoms with Crippen LogP contribution in [0, 0.1) is 0 Å². The Morgan fingerprint density at radius 3 is 2.75 bits per heavy atom. The van der Waals surface area contributed by atoms with Crippen LogP contribution in [0.3, 0.4) is 0 Å². The zero-order valence-electron chi connectivity index (χ0n) is 12.3. The molecule has 110 valence electrons. The molecule has 0 spiro atoms.